The summed E-state index contributed by atoms with van der Waals surface area (Å²) in [5.41, 5.74) is 3.10. The van der Waals surface area contributed by atoms with Gasteiger partial charge in [0.05, 0.1) is 0 Å². The highest BCUT2D eigenvalue weighted by molar-refractivity contribution is 6.03. The van der Waals surface area contributed by atoms with Crippen LogP contribution in [0.2, 0.25) is 0 Å². The van der Waals surface area contributed by atoms with Crippen LogP contribution in [0.1, 0.15) is 18.1 Å². The molecule has 2 nitrogen and oxygen atoms in total. The Balaban J connectivity index is 2.64. The van der Waals surface area contributed by atoms with Gasteiger partial charge in [0.25, 0.3) is 0 Å². The number of fused-ring (bicyclic) bond motifs is 1. The van der Waals surface area contributed by atoms with Crippen molar-refractivity contribution in [1.82, 2.24) is 0 Å². The highest BCUT2D eigenvalue weighted by Gasteiger charge is 2.13. The SMILES string of the molecule is CC1=NCCc2cccc(O)c21. The van der Waals surface area contributed by atoms with Crippen LogP contribution in [-0.4, -0.2) is 17.4 Å². The highest BCUT2D eigenvalue weighted by Crippen LogP contribution is 2.24. The van der Waals surface area contributed by atoms with E-state index in [9.17, 15) is 5.11 Å². The Hall–Kier alpha value is -1.31. The molecule has 0 atom stereocenters. The summed E-state index contributed by atoms with van der Waals surface area (Å²) in [5, 5.41) is 9.55. The number of aliphatic imine (C=N–C) groups is 1. The smallest absolute Gasteiger partial charge is 0.124 e. The molecule has 0 aromatic heterocycles. The predicted octanol–water partition coefficient (Wildman–Crippen LogP) is 1.76. The molecule has 12 heavy (non-hydrogen) atoms. The fraction of sp³-hybridized carbons (Fsp3) is 0.300. The molecule has 1 N–H and O–H groups in total. The van der Waals surface area contributed by atoms with Gasteiger partial charge in [0.15, 0.2) is 0 Å². The Morgan fingerprint density at radius 1 is 1.42 bits per heavy atom. The molecule has 2 rings (SSSR count). The van der Waals surface area contributed by atoms with E-state index < -0.39 is 0 Å². The number of hydrogen-bond donors (Lipinski definition) is 1. The first-order valence-electron chi connectivity index (χ1n) is 4.11. The molecule has 0 amide bonds. The lowest BCUT2D eigenvalue weighted by molar-refractivity contribution is 0.473. The lowest BCUT2D eigenvalue weighted by Crippen LogP contribution is -2.09. The molecular weight excluding hydrogens is 150 g/mol. The van der Waals surface area contributed by atoms with Crippen molar-refractivity contribution in [2.75, 3.05) is 6.54 Å². The molecule has 2 heteroatoms. The van der Waals surface area contributed by atoms with Crippen LogP contribution in [0.3, 0.4) is 0 Å². The summed E-state index contributed by atoms with van der Waals surface area (Å²) < 4.78 is 0. The maximum Gasteiger partial charge on any atom is 0.124 e. The molecule has 1 heterocycles. The molecule has 0 fully saturated rings. The Kier molecular flexibility index (Phi) is 1.61. The molecular formula is C10H11NO. The van der Waals surface area contributed by atoms with E-state index >= 15 is 0 Å². The molecule has 0 aliphatic carbocycles. The number of aromatic hydroxyl groups is 1. The minimum Gasteiger partial charge on any atom is -0.507 e. The minimum absolute atomic E-state index is 0.355. The maximum atomic E-state index is 9.55. The molecule has 0 unspecified atom stereocenters. The molecule has 0 saturated heterocycles. The first kappa shape index (κ1) is 7.35. The molecule has 0 radical (unpaired) electrons. The zero-order valence-electron chi connectivity index (χ0n) is 7.04. The van der Waals surface area contributed by atoms with E-state index in [0.717, 1.165) is 24.2 Å². The van der Waals surface area contributed by atoms with Gasteiger partial charge in [-0.25, -0.2) is 0 Å². The van der Waals surface area contributed by atoms with E-state index in [1.807, 2.05) is 19.1 Å². The monoisotopic (exact) mass is 161 g/mol. The number of phenols is 1. The lowest BCUT2D eigenvalue weighted by atomic mass is 9.98. The molecule has 1 aromatic carbocycles. The van der Waals surface area contributed by atoms with E-state index in [1.165, 1.54) is 5.56 Å². The Morgan fingerprint density at radius 3 is 3.00 bits per heavy atom. The van der Waals surface area contributed by atoms with Crippen LogP contribution >= 0.6 is 0 Å². The summed E-state index contributed by atoms with van der Waals surface area (Å²) in [6, 6.07) is 5.64. The van der Waals surface area contributed by atoms with E-state index in [2.05, 4.69) is 4.99 Å². The fourth-order valence-corrected chi connectivity index (χ4v) is 1.64. The number of rotatable bonds is 0. The minimum atomic E-state index is 0.355. The molecule has 0 bridgehead atoms. The standard InChI is InChI=1S/C10H11NO/c1-7-10-8(5-6-11-7)3-2-4-9(10)12/h2-4,12H,5-6H2,1H3. The van der Waals surface area contributed by atoms with Crippen LogP contribution in [-0.2, 0) is 6.42 Å². The maximum absolute atomic E-state index is 9.55. The molecule has 0 spiro atoms. The van der Waals surface area contributed by atoms with Crippen molar-refractivity contribution in [2.24, 2.45) is 4.99 Å². The second-order valence-electron chi connectivity index (χ2n) is 3.03. The highest BCUT2D eigenvalue weighted by atomic mass is 16.3. The van der Waals surface area contributed by atoms with Crippen LogP contribution in [0.25, 0.3) is 0 Å². The number of hydrogen-bond acceptors (Lipinski definition) is 2. The van der Waals surface area contributed by atoms with Gasteiger partial charge in [-0.2, -0.15) is 0 Å². The second-order valence-corrected chi connectivity index (χ2v) is 3.03. The Bertz CT molecular complexity index is 342. The van der Waals surface area contributed by atoms with Crippen LogP contribution in [0.15, 0.2) is 23.2 Å². The van der Waals surface area contributed by atoms with Crippen molar-refractivity contribution in [1.29, 1.82) is 0 Å². The van der Waals surface area contributed by atoms with Crippen molar-refractivity contribution in [2.45, 2.75) is 13.3 Å². The molecule has 1 aliphatic heterocycles. The van der Waals surface area contributed by atoms with E-state index in [0.29, 0.717) is 5.75 Å². The third-order valence-corrected chi connectivity index (χ3v) is 2.22. The Morgan fingerprint density at radius 2 is 2.25 bits per heavy atom. The molecule has 1 aromatic rings. The van der Waals surface area contributed by atoms with Gasteiger partial charge in [-0.1, -0.05) is 12.1 Å². The average Bonchev–Trinajstić information content (AvgIpc) is 2.04. The quantitative estimate of drug-likeness (QED) is 0.617. The summed E-state index contributed by atoms with van der Waals surface area (Å²) in [6.07, 6.45) is 0.946. The summed E-state index contributed by atoms with van der Waals surface area (Å²) in [6.45, 7) is 2.79. The van der Waals surface area contributed by atoms with Gasteiger partial charge < -0.3 is 5.11 Å². The lowest BCUT2D eigenvalue weighted by Gasteiger charge is -2.14. The van der Waals surface area contributed by atoms with Gasteiger partial charge in [-0.05, 0) is 25.0 Å². The van der Waals surface area contributed by atoms with Crippen LogP contribution in [0, 0.1) is 0 Å². The normalized spacial score (nSPS) is 15.2. The van der Waals surface area contributed by atoms with Gasteiger partial charge in [0, 0.05) is 17.8 Å². The largest absolute Gasteiger partial charge is 0.507 e. The first-order valence-corrected chi connectivity index (χ1v) is 4.11. The van der Waals surface area contributed by atoms with Crippen molar-refractivity contribution in [3.63, 3.8) is 0 Å². The van der Waals surface area contributed by atoms with E-state index in [4.69, 9.17) is 0 Å². The number of benzene rings is 1. The fourth-order valence-electron chi connectivity index (χ4n) is 1.64. The zero-order chi connectivity index (χ0) is 8.55. The topological polar surface area (TPSA) is 32.6 Å². The summed E-state index contributed by atoms with van der Waals surface area (Å²) in [4.78, 5) is 4.29. The molecule has 0 saturated carbocycles. The zero-order valence-corrected chi connectivity index (χ0v) is 7.04. The number of phenolic OH excluding ortho intramolecular Hbond substituents is 1. The average molecular weight is 161 g/mol. The molecule has 62 valence electrons. The van der Waals surface area contributed by atoms with Gasteiger partial charge in [0.1, 0.15) is 5.75 Å². The van der Waals surface area contributed by atoms with Gasteiger partial charge in [0.2, 0.25) is 0 Å². The van der Waals surface area contributed by atoms with E-state index in [1.54, 1.807) is 6.07 Å². The third-order valence-electron chi connectivity index (χ3n) is 2.22. The van der Waals surface area contributed by atoms with Crippen molar-refractivity contribution in [3.8, 4) is 5.75 Å². The summed E-state index contributed by atoms with van der Waals surface area (Å²) in [5.74, 6) is 0.355. The summed E-state index contributed by atoms with van der Waals surface area (Å²) in [7, 11) is 0. The predicted molar refractivity (Wildman–Crippen MR) is 48.9 cm³/mol. The van der Waals surface area contributed by atoms with Crippen molar-refractivity contribution < 1.29 is 5.11 Å². The van der Waals surface area contributed by atoms with Crippen molar-refractivity contribution in [3.05, 3.63) is 29.3 Å². The van der Waals surface area contributed by atoms with Crippen LogP contribution < -0.4 is 0 Å². The van der Waals surface area contributed by atoms with E-state index in [-0.39, 0.29) is 0 Å². The van der Waals surface area contributed by atoms with Gasteiger partial charge in [-0.3, -0.25) is 4.99 Å². The molecule has 1 aliphatic rings. The Labute approximate surface area is 71.6 Å². The number of nitrogens with zero attached hydrogens (tertiary/aromatic N) is 1. The third kappa shape index (κ3) is 0.998. The first-order chi connectivity index (χ1) is 5.79. The second kappa shape index (κ2) is 2.63. The van der Waals surface area contributed by atoms with Crippen LogP contribution in [0.4, 0.5) is 0 Å². The van der Waals surface area contributed by atoms with Crippen LogP contribution in [0.5, 0.6) is 5.75 Å². The summed E-state index contributed by atoms with van der Waals surface area (Å²) >= 11 is 0. The van der Waals surface area contributed by atoms with Crippen molar-refractivity contribution >= 4 is 5.71 Å². The van der Waals surface area contributed by atoms with Gasteiger partial charge >= 0.3 is 0 Å². The van der Waals surface area contributed by atoms with Gasteiger partial charge in [-0.15, -0.1) is 0 Å².